The van der Waals surface area contributed by atoms with Gasteiger partial charge in [-0.2, -0.15) is 5.26 Å². The van der Waals surface area contributed by atoms with Crippen molar-refractivity contribution in [3.05, 3.63) is 58.6 Å². The normalized spacial score (nSPS) is 11.1. The van der Waals surface area contributed by atoms with E-state index >= 15 is 0 Å². The number of anilines is 1. The van der Waals surface area contributed by atoms with Crippen LogP contribution in [0.15, 0.2) is 53.0 Å². The first-order chi connectivity index (χ1) is 12.0. The van der Waals surface area contributed by atoms with Crippen molar-refractivity contribution in [2.45, 2.75) is 13.0 Å². The molecule has 0 radical (unpaired) electrons. The molecule has 25 heavy (non-hydrogen) atoms. The van der Waals surface area contributed by atoms with Crippen LogP contribution in [0.25, 0.3) is 0 Å². The van der Waals surface area contributed by atoms with E-state index < -0.39 is 24.6 Å². The van der Waals surface area contributed by atoms with Gasteiger partial charge >= 0.3 is 5.97 Å². The molecule has 6 nitrogen and oxygen atoms in total. The highest BCUT2D eigenvalue weighted by Gasteiger charge is 2.17. The van der Waals surface area contributed by atoms with E-state index in [9.17, 15) is 9.59 Å². The average molecular weight is 403 g/mol. The lowest BCUT2D eigenvalue weighted by molar-refractivity contribution is -0.153. The molecule has 2 aromatic carbocycles. The minimum atomic E-state index is -0.844. The van der Waals surface area contributed by atoms with Crippen LogP contribution in [0.5, 0.6) is 5.75 Å². The summed E-state index contributed by atoms with van der Waals surface area (Å²) in [5.74, 6) is -0.596. The maximum Gasteiger partial charge on any atom is 0.347 e. The number of halogens is 1. The number of hydrogen-bond donors (Lipinski definition) is 1. The smallest absolute Gasteiger partial charge is 0.347 e. The first-order valence-corrected chi connectivity index (χ1v) is 8.16. The summed E-state index contributed by atoms with van der Waals surface area (Å²) in [4.78, 5) is 23.7. The van der Waals surface area contributed by atoms with Crippen molar-refractivity contribution in [3.63, 3.8) is 0 Å². The Morgan fingerprint density at radius 2 is 1.80 bits per heavy atom. The first-order valence-electron chi connectivity index (χ1n) is 7.37. The van der Waals surface area contributed by atoms with Gasteiger partial charge in [-0.3, -0.25) is 4.79 Å². The molecule has 0 unspecified atom stereocenters. The maximum atomic E-state index is 11.9. The molecule has 0 aliphatic heterocycles. The summed E-state index contributed by atoms with van der Waals surface area (Å²) in [6.07, 6.45) is -0.844. The van der Waals surface area contributed by atoms with E-state index in [2.05, 4.69) is 21.2 Å². The van der Waals surface area contributed by atoms with Crippen LogP contribution in [0.4, 0.5) is 5.69 Å². The molecule has 128 valence electrons. The standard InChI is InChI=1S/C18H15BrN2O4/c1-12(25-16-8-4-14(19)5-9-16)18(23)24-11-17(22)21-15-6-2-13(10-20)3-7-15/h2-9,12H,11H2,1H3,(H,21,22)/t12-/m1/s1. The summed E-state index contributed by atoms with van der Waals surface area (Å²) >= 11 is 3.31. The molecule has 2 aromatic rings. The third-order valence-electron chi connectivity index (χ3n) is 3.10. The van der Waals surface area contributed by atoms with Gasteiger partial charge in [-0.25, -0.2) is 4.79 Å². The lowest BCUT2D eigenvalue weighted by atomic mass is 10.2. The zero-order valence-electron chi connectivity index (χ0n) is 13.4. The van der Waals surface area contributed by atoms with Crippen molar-refractivity contribution in [1.29, 1.82) is 5.26 Å². The number of carbonyl (C=O) groups is 2. The highest BCUT2D eigenvalue weighted by Crippen LogP contribution is 2.17. The summed E-state index contributed by atoms with van der Waals surface area (Å²) in [5, 5.41) is 11.3. The Bertz CT molecular complexity index is 782. The minimum absolute atomic E-state index is 0.424. The van der Waals surface area contributed by atoms with E-state index in [1.54, 1.807) is 55.5 Å². The zero-order chi connectivity index (χ0) is 18.2. The minimum Gasteiger partial charge on any atom is -0.479 e. The second-order valence-electron chi connectivity index (χ2n) is 5.06. The Morgan fingerprint density at radius 1 is 1.16 bits per heavy atom. The summed E-state index contributed by atoms with van der Waals surface area (Å²) in [6, 6.07) is 15.3. The molecule has 1 amide bonds. The summed E-state index contributed by atoms with van der Waals surface area (Å²) in [7, 11) is 0. The topological polar surface area (TPSA) is 88.4 Å². The largest absolute Gasteiger partial charge is 0.479 e. The SMILES string of the molecule is C[C@@H](Oc1ccc(Br)cc1)C(=O)OCC(=O)Nc1ccc(C#N)cc1. The summed E-state index contributed by atoms with van der Waals surface area (Å²) in [6.45, 7) is 1.12. The van der Waals surface area contributed by atoms with Crippen LogP contribution in [0, 0.1) is 11.3 Å². The fraction of sp³-hybridized carbons (Fsp3) is 0.167. The molecule has 2 rings (SSSR count). The molecule has 0 heterocycles. The molecule has 0 spiro atoms. The zero-order valence-corrected chi connectivity index (χ0v) is 14.9. The molecule has 1 atom stereocenters. The van der Waals surface area contributed by atoms with E-state index in [1.165, 1.54) is 0 Å². The molecule has 0 aliphatic carbocycles. The highest BCUT2D eigenvalue weighted by atomic mass is 79.9. The number of rotatable bonds is 6. The van der Waals surface area contributed by atoms with Gasteiger partial charge in [0.15, 0.2) is 12.7 Å². The Labute approximate surface area is 153 Å². The van der Waals surface area contributed by atoms with Gasteiger partial charge in [0.2, 0.25) is 0 Å². The van der Waals surface area contributed by atoms with Crippen molar-refractivity contribution in [2.75, 3.05) is 11.9 Å². The number of esters is 1. The Hall–Kier alpha value is -2.85. The molecule has 7 heteroatoms. The number of amides is 1. The number of nitrogens with one attached hydrogen (secondary N) is 1. The third kappa shape index (κ3) is 5.94. The van der Waals surface area contributed by atoms with Gasteiger partial charge in [-0.15, -0.1) is 0 Å². The van der Waals surface area contributed by atoms with Gasteiger partial charge in [-0.05, 0) is 55.5 Å². The van der Waals surface area contributed by atoms with Gasteiger partial charge in [0.1, 0.15) is 5.75 Å². The summed E-state index contributed by atoms with van der Waals surface area (Å²) in [5.41, 5.74) is 1.00. The predicted molar refractivity (Wildman–Crippen MR) is 95.0 cm³/mol. The molecule has 1 N–H and O–H groups in total. The number of benzene rings is 2. The van der Waals surface area contributed by atoms with Gasteiger partial charge < -0.3 is 14.8 Å². The fourth-order valence-corrected chi connectivity index (χ4v) is 2.11. The third-order valence-corrected chi connectivity index (χ3v) is 3.63. The van der Waals surface area contributed by atoms with Crippen LogP contribution < -0.4 is 10.1 Å². The van der Waals surface area contributed by atoms with Crippen LogP contribution in [-0.2, 0) is 14.3 Å². The molecule has 0 fully saturated rings. The lowest BCUT2D eigenvalue weighted by Gasteiger charge is -2.14. The molecule has 0 saturated carbocycles. The van der Waals surface area contributed by atoms with Crippen molar-refractivity contribution >= 4 is 33.5 Å². The Balaban J connectivity index is 1.78. The maximum absolute atomic E-state index is 11.9. The number of hydrogen-bond acceptors (Lipinski definition) is 5. The van der Waals surface area contributed by atoms with E-state index in [4.69, 9.17) is 14.7 Å². The first kappa shape index (κ1) is 18.5. The molecule has 0 bridgehead atoms. The van der Waals surface area contributed by atoms with E-state index in [-0.39, 0.29) is 0 Å². The molecule has 0 saturated heterocycles. The Kier molecular flexibility index (Phi) is 6.54. The molecule has 0 aliphatic rings. The summed E-state index contributed by atoms with van der Waals surface area (Å²) < 4.78 is 11.3. The number of ether oxygens (including phenoxy) is 2. The monoisotopic (exact) mass is 402 g/mol. The van der Waals surface area contributed by atoms with Gasteiger partial charge in [0, 0.05) is 10.2 Å². The van der Waals surface area contributed by atoms with Gasteiger partial charge in [-0.1, -0.05) is 15.9 Å². The van der Waals surface area contributed by atoms with Crippen molar-refractivity contribution < 1.29 is 19.1 Å². The van der Waals surface area contributed by atoms with Crippen LogP contribution in [0.2, 0.25) is 0 Å². The van der Waals surface area contributed by atoms with Gasteiger partial charge in [0.25, 0.3) is 5.91 Å². The lowest BCUT2D eigenvalue weighted by Crippen LogP contribution is -2.29. The van der Waals surface area contributed by atoms with Gasteiger partial charge in [0.05, 0.1) is 11.6 Å². The number of carbonyl (C=O) groups excluding carboxylic acids is 2. The van der Waals surface area contributed by atoms with Crippen LogP contribution in [0.3, 0.4) is 0 Å². The number of nitrogens with zero attached hydrogens (tertiary/aromatic N) is 1. The fourth-order valence-electron chi connectivity index (χ4n) is 1.84. The van der Waals surface area contributed by atoms with E-state index in [1.807, 2.05) is 6.07 Å². The van der Waals surface area contributed by atoms with Crippen LogP contribution in [-0.4, -0.2) is 24.6 Å². The van der Waals surface area contributed by atoms with E-state index in [0.717, 1.165) is 4.47 Å². The highest BCUT2D eigenvalue weighted by molar-refractivity contribution is 9.10. The van der Waals surface area contributed by atoms with Crippen molar-refractivity contribution in [1.82, 2.24) is 0 Å². The predicted octanol–water partition coefficient (Wildman–Crippen LogP) is 3.27. The quantitative estimate of drug-likeness (QED) is 0.748. The second kappa shape index (κ2) is 8.85. The van der Waals surface area contributed by atoms with Crippen molar-refractivity contribution in [3.8, 4) is 11.8 Å². The average Bonchev–Trinajstić information content (AvgIpc) is 2.62. The second-order valence-corrected chi connectivity index (χ2v) is 5.97. The molecular weight excluding hydrogens is 388 g/mol. The van der Waals surface area contributed by atoms with Crippen LogP contribution >= 0.6 is 15.9 Å². The molecular formula is C18H15BrN2O4. The van der Waals surface area contributed by atoms with Crippen LogP contribution in [0.1, 0.15) is 12.5 Å². The Morgan fingerprint density at radius 3 is 2.40 bits per heavy atom. The van der Waals surface area contributed by atoms with Crippen molar-refractivity contribution in [2.24, 2.45) is 0 Å². The van der Waals surface area contributed by atoms with E-state index in [0.29, 0.717) is 17.0 Å². The molecule has 0 aromatic heterocycles. The number of nitriles is 1.